The van der Waals surface area contributed by atoms with Gasteiger partial charge in [0.1, 0.15) is 0 Å². The molecule has 1 aromatic heterocycles. The number of β-amino-alcohol motifs (C(OH)–C–C–N with tert-alkyl or cyclic N) is 1. The molecule has 1 fully saturated rings. The summed E-state index contributed by atoms with van der Waals surface area (Å²) >= 11 is 0. The average molecular weight is 236 g/mol. The molecule has 1 aliphatic rings. The number of aliphatic hydroxyl groups is 2. The zero-order valence-corrected chi connectivity index (χ0v) is 9.71. The van der Waals surface area contributed by atoms with E-state index < -0.39 is 6.10 Å². The normalized spacial score (nSPS) is 24.1. The van der Waals surface area contributed by atoms with E-state index in [9.17, 15) is 15.0 Å². The van der Waals surface area contributed by atoms with Crippen LogP contribution in [0.2, 0.25) is 0 Å². The van der Waals surface area contributed by atoms with Gasteiger partial charge < -0.3 is 15.1 Å². The maximum atomic E-state index is 12.2. The van der Waals surface area contributed by atoms with E-state index in [1.807, 2.05) is 6.92 Å². The van der Waals surface area contributed by atoms with E-state index in [1.54, 1.807) is 12.3 Å². The van der Waals surface area contributed by atoms with Crippen LogP contribution in [0.5, 0.6) is 0 Å². The van der Waals surface area contributed by atoms with E-state index in [2.05, 4.69) is 4.98 Å². The number of aliphatic hydroxyl groups excluding tert-OH is 2. The Labute approximate surface area is 99.7 Å². The summed E-state index contributed by atoms with van der Waals surface area (Å²) < 4.78 is 0. The van der Waals surface area contributed by atoms with Crippen molar-refractivity contribution in [1.29, 1.82) is 0 Å². The van der Waals surface area contributed by atoms with Crippen molar-refractivity contribution in [2.75, 3.05) is 13.2 Å². The highest BCUT2D eigenvalue weighted by Crippen LogP contribution is 2.20. The van der Waals surface area contributed by atoms with Crippen LogP contribution in [0.15, 0.2) is 18.5 Å². The molecule has 17 heavy (non-hydrogen) atoms. The number of nitrogens with zero attached hydrogens (tertiary/aromatic N) is 2. The van der Waals surface area contributed by atoms with Gasteiger partial charge in [-0.1, -0.05) is 0 Å². The van der Waals surface area contributed by atoms with Crippen molar-refractivity contribution in [3.05, 3.63) is 29.6 Å². The molecule has 2 unspecified atom stereocenters. The van der Waals surface area contributed by atoms with Crippen molar-refractivity contribution in [3.8, 4) is 0 Å². The molecule has 2 N–H and O–H groups in total. The minimum Gasteiger partial charge on any atom is -0.394 e. The third kappa shape index (κ3) is 2.45. The van der Waals surface area contributed by atoms with Crippen LogP contribution in [0, 0.1) is 6.92 Å². The maximum Gasteiger partial charge on any atom is 0.255 e. The number of rotatable bonds is 2. The Morgan fingerprint density at radius 1 is 1.59 bits per heavy atom. The maximum absolute atomic E-state index is 12.2. The largest absolute Gasteiger partial charge is 0.394 e. The summed E-state index contributed by atoms with van der Waals surface area (Å²) in [5.41, 5.74) is 1.41. The van der Waals surface area contributed by atoms with Crippen molar-refractivity contribution in [1.82, 2.24) is 9.88 Å². The molecule has 0 bridgehead atoms. The number of carbonyl (C=O) groups excluding carboxylic acids is 1. The highest BCUT2D eigenvalue weighted by Gasteiger charge is 2.34. The van der Waals surface area contributed by atoms with Gasteiger partial charge in [0.25, 0.3) is 5.91 Å². The highest BCUT2D eigenvalue weighted by atomic mass is 16.3. The molecule has 0 aliphatic carbocycles. The van der Waals surface area contributed by atoms with Crippen molar-refractivity contribution < 1.29 is 15.0 Å². The topological polar surface area (TPSA) is 73.7 Å². The second-order valence-electron chi connectivity index (χ2n) is 4.43. The minimum absolute atomic E-state index is 0.123. The number of amides is 1. The van der Waals surface area contributed by atoms with Crippen LogP contribution in [-0.2, 0) is 0 Å². The lowest BCUT2D eigenvalue weighted by molar-refractivity contribution is 0.0664. The molecule has 1 aliphatic heterocycles. The predicted octanol–water partition coefficient (Wildman–Crippen LogP) is -0.0423. The highest BCUT2D eigenvalue weighted by molar-refractivity contribution is 5.94. The van der Waals surface area contributed by atoms with E-state index in [0.717, 1.165) is 5.56 Å². The van der Waals surface area contributed by atoms with E-state index in [4.69, 9.17) is 0 Å². The quantitative estimate of drug-likeness (QED) is 0.755. The molecule has 1 saturated heterocycles. The molecule has 1 aromatic rings. The van der Waals surface area contributed by atoms with Gasteiger partial charge in [0, 0.05) is 18.9 Å². The minimum atomic E-state index is -0.547. The molecule has 0 saturated carbocycles. The molecule has 2 rings (SSSR count). The van der Waals surface area contributed by atoms with Crippen LogP contribution >= 0.6 is 0 Å². The first-order valence-corrected chi connectivity index (χ1v) is 5.63. The predicted molar refractivity (Wildman–Crippen MR) is 61.5 cm³/mol. The SMILES string of the molecule is Cc1cncc(C(=O)N2CC(O)CC2CO)c1. The van der Waals surface area contributed by atoms with Crippen LogP contribution in [0.4, 0.5) is 0 Å². The Bertz CT molecular complexity index is 422. The van der Waals surface area contributed by atoms with Crippen molar-refractivity contribution in [3.63, 3.8) is 0 Å². The van der Waals surface area contributed by atoms with Gasteiger partial charge >= 0.3 is 0 Å². The van der Waals surface area contributed by atoms with Crippen LogP contribution < -0.4 is 0 Å². The second-order valence-corrected chi connectivity index (χ2v) is 4.43. The number of likely N-dealkylation sites (tertiary alicyclic amines) is 1. The molecular weight excluding hydrogens is 220 g/mol. The fourth-order valence-electron chi connectivity index (χ4n) is 2.15. The van der Waals surface area contributed by atoms with E-state index in [0.29, 0.717) is 12.0 Å². The molecule has 0 radical (unpaired) electrons. The lowest BCUT2D eigenvalue weighted by Crippen LogP contribution is -2.38. The number of hydrogen-bond donors (Lipinski definition) is 2. The first-order chi connectivity index (χ1) is 8.11. The van der Waals surface area contributed by atoms with E-state index >= 15 is 0 Å². The third-order valence-corrected chi connectivity index (χ3v) is 2.99. The molecule has 2 atom stereocenters. The molecule has 0 spiro atoms. The fourth-order valence-corrected chi connectivity index (χ4v) is 2.15. The lowest BCUT2D eigenvalue weighted by Gasteiger charge is -2.22. The molecule has 2 heterocycles. The van der Waals surface area contributed by atoms with Gasteiger partial charge in [-0.2, -0.15) is 0 Å². The Morgan fingerprint density at radius 3 is 3.00 bits per heavy atom. The summed E-state index contributed by atoms with van der Waals surface area (Å²) in [5, 5.41) is 18.7. The number of hydrogen-bond acceptors (Lipinski definition) is 4. The van der Waals surface area contributed by atoms with Crippen LogP contribution in [-0.4, -0.2) is 51.3 Å². The van der Waals surface area contributed by atoms with Gasteiger partial charge in [0.05, 0.1) is 24.3 Å². The first-order valence-electron chi connectivity index (χ1n) is 5.63. The molecule has 1 amide bonds. The zero-order valence-electron chi connectivity index (χ0n) is 9.71. The summed E-state index contributed by atoms with van der Waals surface area (Å²) in [6, 6.07) is 1.46. The van der Waals surface area contributed by atoms with E-state index in [-0.39, 0.29) is 25.1 Å². The fraction of sp³-hybridized carbons (Fsp3) is 0.500. The second kappa shape index (κ2) is 4.81. The smallest absolute Gasteiger partial charge is 0.255 e. The van der Waals surface area contributed by atoms with E-state index in [1.165, 1.54) is 11.1 Å². The standard InChI is InChI=1S/C12H16N2O3/c1-8-2-9(5-13-4-8)12(17)14-6-11(16)3-10(14)7-15/h2,4-5,10-11,15-16H,3,6-7H2,1H3. The van der Waals surface area contributed by atoms with Gasteiger partial charge in [-0.25, -0.2) is 0 Å². The average Bonchev–Trinajstić information content (AvgIpc) is 2.69. The van der Waals surface area contributed by atoms with Gasteiger partial charge in [-0.3, -0.25) is 9.78 Å². The molecular formula is C12H16N2O3. The van der Waals surface area contributed by atoms with Crippen LogP contribution in [0.3, 0.4) is 0 Å². The Morgan fingerprint density at radius 2 is 2.35 bits per heavy atom. The third-order valence-electron chi connectivity index (χ3n) is 2.99. The molecule has 92 valence electrons. The number of carbonyl (C=O) groups is 1. The summed E-state index contributed by atoms with van der Waals surface area (Å²) in [5.74, 6) is -0.184. The van der Waals surface area contributed by atoms with Crippen LogP contribution in [0.1, 0.15) is 22.3 Å². The summed E-state index contributed by atoms with van der Waals surface area (Å²) in [6.07, 6.45) is 3.07. The molecule has 5 nitrogen and oxygen atoms in total. The zero-order chi connectivity index (χ0) is 12.4. The van der Waals surface area contributed by atoms with Gasteiger partial charge in [-0.05, 0) is 25.0 Å². The van der Waals surface area contributed by atoms with Gasteiger partial charge in [0.15, 0.2) is 0 Å². The number of aryl methyl sites for hydroxylation is 1. The van der Waals surface area contributed by atoms with Crippen molar-refractivity contribution in [2.24, 2.45) is 0 Å². The van der Waals surface area contributed by atoms with Crippen molar-refractivity contribution >= 4 is 5.91 Å². The Hall–Kier alpha value is -1.46. The lowest BCUT2D eigenvalue weighted by atomic mass is 10.2. The van der Waals surface area contributed by atoms with Gasteiger partial charge in [-0.15, -0.1) is 0 Å². The monoisotopic (exact) mass is 236 g/mol. The Kier molecular flexibility index (Phi) is 3.40. The first kappa shape index (κ1) is 12.0. The molecule has 0 aromatic carbocycles. The number of aromatic nitrogens is 1. The summed E-state index contributed by atoms with van der Waals surface area (Å²) in [6.45, 7) is 2.02. The Balaban J connectivity index is 2.20. The van der Waals surface area contributed by atoms with Gasteiger partial charge in [0.2, 0.25) is 0 Å². The number of pyridine rings is 1. The van der Waals surface area contributed by atoms with Crippen molar-refractivity contribution in [2.45, 2.75) is 25.5 Å². The summed E-state index contributed by atoms with van der Waals surface area (Å²) in [7, 11) is 0. The summed E-state index contributed by atoms with van der Waals surface area (Å²) in [4.78, 5) is 17.7. The van der Waals surface area contributed by atoms with Crippen LogP contribution in [0.25, 0.3) is 0 Å². The molecule has 5 heteroatoms.